The SMILES string of the molecule is Cc1cccc(-c2cc(CCCCCN3CCCC3)nc(N)n2)c1C. The molecule has 0 radical (unpaired) electrons. The molecule has 25 heavy (non-hydrogen) atoms. The van der Waals surface area contributed by atoms with Gasteiger partial charge in [-0.2, -0.15) is 0 Å². The van der Waals surface area contributed by atoms with Crippen molar-refractivity contribution in [1.82, 2.24) is 14.9 Å². The highest BCUT2D eigenvalue weighted by Crippen LogP contribution is 2.25. The highest BCUT2D eigenvalue weighted by Gasteiger charge is 2.11. The van der Waals surface area contributed by atoms with E-state index in [9.17, 15) is 0 Å². The van der Waals surface area contributed by atoms with Crippen LogP contribution in [-0.2, 0) is 6.42 Å². The molecule has 3 rings (SSSR count). The number of nitrogens with two attached hydrogens (primary N) is 1. The number of nitrogens with zero attached hydrogens (tertiary/aromatic N) is 3. The first-order valence-corrected chi connectivity index (χ1v) is 9.56. The number of hydrogen-bond acceptors (Lipinski definition) is 4. The van der Waals surface area contributed by atoms with E-state index in [-0.39, 0.29) is 0 Å². The molecule has 0 atom stereocenters. The average Bonchev–Trinajstić information content (AvgIpc) is 3.10. The van der Waals surface area contributed by atoms with Gasteiger partial charge in [0.05, 0.1) is 5.69 Å². The van der Waals surface area contributed by atoms with Crippen molar-refractivity contribution in [2.24, 2.45) is 0 Å². The maximum atomic E-state index is 5.97. The van der Waals surface area contributed by atoms with Gasteiger partial charge in [0.2, 0.25) is 5.95 Å². The Hall–Kier alpha value is -1.94. The fraction of sp³-hybridized carbons (Fsp3) is 0.524. The Kier molecular flexibility index (Phi) is 6.03. The minimum absolute atomic E-state index is 0.380. The van der Waals surface area contributed by atoms with E-state index in [4.69, 9.17) is 5.73 Å². The quantitative estimate of drug-likeness (QED) is 0.771. The summed E-state index contributed by atoms with van der Waals surface area (Å²) in [5, 5.41) is 0. The van der Waals surface area contributed by atoms with Crippen LogP contribution in [0.2, 0.25) is 0 Å². The Labute approximate surface area is 151 Å². The normalized spacial score (nSPS) is 15.0. The summed E-state index contributed by atoms with van der Waals surface area (Å²) in [6, 6.07) is 8.43. The van der Waals surface area contributed by atoms with Crippen molar-refractivity contribution in [3.63, 3.8) is 0 Å². The van der Waals surface area contributed by atoms with E-state index in [1.54, 1.807) is 0 Å². The second-order valence-corrected chi connectivity index (χ2v) is 7.21. The minimum atomic E-state index is 0.380. The Morgan fingerprint density at radius 1 is 1.04 bits per heavy atom. The fourth-order valence-electron chi connectivity index (χ4n) is 3.64. The first-order valence-electron chi connectivity index (χ1n) is 9.56. The van der Waals surface area contributed by atoms with Crippen LogP contribution in [0, 0.1) is 13.8 Å². The molecule has 0 spiro atoms. The van der Waals surface area contributed by atoms with Gasteiger partial charge in [-0.25, -0.2) is 9.97 Å². The van der Waals surface area contributed by atoms with Gasteiger partial charge in [0.1, 0.15) is 0 Å². The molecule has 0 aliphatic carbocycles. The zero-order valence-corrected chi connectivity index (χ0v) is 15.6. The number of aromatic nitrogens is 2. The van der Waals surface area contributed by atoms with Gasteiger partial charge >= 0.3 is 0 Å². The van der Waals surface area contributed by atoms with Gasteiger partial charge in [0.15, 0.2) is 0 Å². The summed E-state index contributed by atoms with van der Waals surface area (Å²) in [5.74, 6) is 0.380. The summed E-state index contributed by atoms with van der Waals surface area (Å²) in [7, 11) is 0. The third-order valence-corrected chi connectivity index (χ3v) is 5.28. The number of unbranched alkanes of at least 4 members (excludes halogenated alkanes) is 2. The number of hydrogen-bond donors (Lipinski definition) is 1. The van der Waals surface area contributed by atoms with E-state index in [1.165, 1.54) is 56.4 Å². The highest BCUT2D eigenvalue weighted by molar-refractivity contribution is 5.66. The highest BCUT2D eigenvalue weighted by atomic mass is 15.1. The molecule has 1 aromatic carbocycles. The lowest BCUT2D eigenvalue weighted by atomic mass is 10.00. The lowest BCUT2D eigenvalue weighted by Gasteiger charge is -2.14. The smallest absolute Gasteiger partial charge is 0.220 e. The predicted octanol–water partition coefficient (Wildman–Crippen LogP) is 4.15. The lowest BCUT2D eigenvalue weighted by Crippen LogP contribution is -2.20. The van der Waals surface area contributed by atoms with E-state index in [0.29, 0.717) is 5.95 Å². The lowest BCUT2D eigenvalue weighted by molar-refractivity contribution is 0.328. The Bertz CT molecular complexity index is 705. The van der Waals surface area contributed by atoms with Gasteiger partial charge in [-0.05, 0) is 82.8 Å². The van der Waals surface area contributed by atoms with Crippen LogP contribution < -0.4 is 5.73 Å². The molecular weight excluding hydrogens is 308 g/mol. The van der Waals surface area contributed by atoms with Crippen molar-refractivity contribution in [3.8, 4) is 11.3 Å². The molecule has 4 nitrogen and oxygen atoms in total. The number of benzene rings is 1. The summed E-state index contributed by atoms with van der Waals surface area (Å²) in [5.41, 5.74) is 11.7. The van der Waals surface area contributed by atoms with E-state index < -0.39 is 0 Å². The molecule has 1 saturated heterocycles. The Morgan fingerprint density at radius 2 is 1.84 bits per heavy atom. The summed E-state index contributed by atoms with van der Waals surface area (Å²) in [6.45, 7) is 8.11. The molecule has 1 aliphatic heterocycles. The van der Waals surface area contributed by atoms with Crippen LogP contribution in [0.5, 0.6) is 0 Å². The largest absolute Gasteiger partial charge is 0.368 e. The van der Waals surface area contributed by atoms with Crippen molar-refractivity contribution in [2.45, 2.75) is 52.4 Å². The van der Waals surface area contributed by atoms with Gasteiger partial charge in [-0.1, -0.05) is 24.6 Å². The van der Waals surface area contributed by atoms with Crippen LogP contribution in [0.15, 0.2) is 24.3 Å². The van der Waals surface area contributed by atoms with Gasteiger partial charge in [-0.15, -0.1) is 0 Å². The van der Waals surface area contributed by atoms with Crippen LogP contribution in [0.4, 0.5) is 5.95 Å². The van der Waals surface area contributed by atoms with Crippen molar-refractivity contribution in [1.29, 1.82) is 0 Å². The van der Waals surface area contributed by atoms with Gasteiger partial charge < -0.3 is 10.6 Å². The molecule has 134 valence electrons. The molecule has 1 aromatic heterocycles. The van der Waals surface area contributed by atoms with E-state index in [2.05, 4.69) is 53.0 Å². The fourth-order valence-corrected chi connectivity index (χ4v) is 3.64. The van der Waals surface area contributed by atoms with Crippen LogP contribution in [0.3, 0.4) is 0 Å². The van der Waals surface area contributed by atoms with Gasteiger partial charge in [-0.3, -0.25) is 0 Å². The molecule has 0 bridgehead atoms. The molecule has 0 saturated carbocycles. The topological polar surface area (TPSA) is 55.0 Å². The molecular formula is C21H30N4. The summed E-state index contributed by atoms with van der Waals surface area (Å²) < 4.78 is 0. The molecule has 1 fully saturated rings. The van der Waals surface area contributed by atoms with Crippen LogP contribution >= 0.6 is 0 Å². The number of anilines is 1. The molecule has 0 unspecified atom stereocenters. The minimum Gasteiger partial charge on any atom is -0.368 e. The summed E-state index contributed by atoms with van der Waals surface area (Å²) in [4.78, 5) is 11.5. The first kappa shape index (κ1) is 17.9. The van der Waals surface area contributed by atoms with Crippen LogP contribution in [-0.4, -0.2) is 34.5 Å². The number of aryl methyl sites for hydroxylation is 2. The van der Waals surface area contributed by atoms with Crippen LogP contribution in [0.1, 0.15) is 48.9 Å². The van der Waals surface area contributed by atoms with Crippen molar-refractivity contribution in [2.75, 3.05) is 25.4 Å². The molecule has 2 N–H and O–H groups in total. The molecule has 2 heterocycles. The second kappa shape index (κ2) is 8.43. The average molecular weight is 338 g/mol. The third kappa shape index (κ3) is 4.79. The van der Waals surface area contributed by atoms with Gasteiger partial charge in [0, 0.05) is 11.3 Å². The molecule has 0 amide bonds. The first-order chi connectivity index (χ1) is 12.1. The standard InChI is InChI=1S/C21H30N4/c1-16-9-8-11-19(17(16)2)20-15-18(23-21(22)24-20)10-4-3-5-12-25-13-6-7-14-25/h8-9,11,15H,3-7,10,12-14H2,1-2H3,(H2,22,23,24). The number of nitrogen functional groups attached to an aromatic ring is 1. The zero-order chi connectivity index (χ0) is 17.6. The zero-order valence-electron chi connectivity index (χ0n) is 15.6. The molecule has 4 heteroatoms. The van der Waals surface area contributed by atoms with E-state index in [1.807, 2.05) is 0 Å². The Morgan fingerprint density at radius 3 is 2.64 bits per heavy atom. The van der Waals surface area contributed by atoms with Gasteiger partial charge in [0.25, 0.3) is 0 Å². The summed E-state index contributed by atoms with van der Waals surface area (Å²) >= 11 is 0. The van der Waals surface area contributed by atoms with Crippen molar-refractivity contribution in [3.05, 3.63) is 41.1 Å². The van der Waals surface area contributed by atoms with Crippen LogP contribution in [0.25, 0.3) is 11.3 Å². The maximum absolute atomic E-state index is 5.97. The Balaban J connectivity index is 1.58. The number of rotatable bonds is 7. The number of likely N-dealkylation sites (tertiary alicyclic amines) is 1. The predicted molar refractivity (Wildman–Crippen MR) is 105 cm³/mol. The second-order valence-electron chi connectivity index (χ2n) is 7.21. The van der Waals surface area contributed by atoms with E-state index >= 15 is 0 Å². The summed E-state index contributed by atoms with van der Waals surface area (Å²) in [6.07, 6.45) is 7.42. The maximum Gasteiger partial charge on any atom is 0.220 e. The van der Waals surface area contributed by atoms with Crippen molar-refractivity contribution < 1.29 is 0 Å². The molecule has 2 aromatic rings. The molecule has 1 aliphatic rings. The third-order valence-electron chi connectivity index (χ3n) is 5.28. The van der Waals surface area contributed by atoms with Crippen molar-refractivity contribution >= 4 is 5.95 Å². The van der Waals surface area contributed by atoms with E-state index in [0.717, 1.165) is 29.8 Å². The monoisotopic (exact) mass is 338 g/mol.